The van der Waals surface area contributed by atoms with E-state index >= 15 is 0 Å². The first kappa shape index (κ1) is 17.9. The number of aromatic hydroxyl groups is 2. The van der Waals surface area contributed by atoms with Crippen LogP contribution in [-0.2, 0) is 12.8 Å². The average molecular weight is 344 g/mol. The Morgan fingerprint density at radius 1 is 0.917 bits per heavy atom. The Kier molecular flexibility index (Phi) is 5.88. The second kappa shape index (κ2) is 7.89. The van der Waals surface area contributed by atoms with Gasteiger partial charge < -0.3 is 19.5 Å². The van der Waals surface area contributed by atoms with Crippen LogP contribution in [-0.4, -0.2) is 17.3 Å². The highest BCUT2D eigenvalue weighted by Gasteiger charge is 2.18. The molecule has 5 heteroatoms. The molecule has 0 amide bonds. The van der Waals surface area contributed by atoms with Gasteiger partial charge in [0.2, 0.25) is 0 Å². The molecule has 0 aliphatic rings. The Bertz CT molecular complexity index is 703. The van der Waals surface area contributed by atoms with Crippen LogP contribution in [0.4, 0.5) is 0 Å². The van der Waals surface area contributed by atoms with E-state index in [2.05, 4.69) is 22.6 Å². The Hall–Kier alpha value is -2.45. The zero-order chi connectivity index (χ0) is 17.7. The fourth-order valence-corrected chi connectivity index (χ4v) is 2.73. The lowest BCUT2D eigenvalue weighted by molar-refractivity contribution is 0.374. The van der Waals surface area contributed by atoms with Gasteiger partial charge in [-0.05, 0) is 48.2 Å². The zero-order valence-corrected chi connectivity index (χ0v) is 14.7. The van der Waals surface area contributed by atoms with Crippen molar-refractivity contribution in [3.05, 3.63) is 60.7 Å². The molecule has 0 saturated carbocycles. The summed E-state index contributed by atoms with van der Waals surface area (Å²) in [6, 6.07) is 7.09. The molecule has 0 fully saturated rings. The lowest BCUT2D eigenvalue weighted by Crippen LogP contribution is -1.93. The van der Waals surface area contributed by atoms with E-state index in [1.54, 1.807) is 36.4 Å². The van der Waals surface area contributed by atoms with Crippen LogP contribution in [0, 0.1) is 0 Å². The molecule has 1 atom stereocenters. The molecule has 24 heavy (non-hydrogen) atoms. The summed E-state index contributed by atoms with van der Waals surface area (Å²) in [6.45, 7) is 7.46. The third-order valence-corrected chi connectivity index (χ3v) is 3.92. The number of phenols is 2. The largest absolute Gasteiger partial charge is 0.504 e. The van der Waals surface area contributed by atoms with E-state index in [1.807, 2.05) is 0 Å². The molecule has 1 unspecified atom stereocenters. The molecule has 126 valence electrons. The van der Waals surface area contributed by atoms with Gasteiger partial charge in [0.25, 0.3) is 0 Å². The minimum absolute atomic E-state index is 0.0360. The lowest BCUT2D eigenvalue weighted by atomic mass is 9.96. The van der Waals surface area contributed by atoms with Crippen molar-refractivity contribution in [1.29, 1.82) is 0 Å². The second-order valence-corrected chi connectivity index (χ2v) is 5.52. The number of rotatable bonds is 7. The van der Waals surface area contributed by atoms with Crippen molar-refractivity contribution in [2.45, 2.75) is 12.8 Å². The first-order chi connectivity index (χ1) is 11.5. The van der Waals surface area contributed by atoms with Gasteiger partial charge >= 0.3 is 0 Å². The molecule has 2 aromatic carbocycles. The molecule has 0 saturated heterocycles. The number of allylic oxidation sites excluding steroid dienone is 2. The molecule has 0 spiro atoms. The molecule has 0 bridgehead atoms. The maximum absolute atomic E-state index is 10.5. The number of ether oxygens (including phenoxy) is 1. The van der Waals surface area contributed by atoms with Gasteiger partial charge in [-0.1, -0.05) is 12.2 Å². The van der Waals surface area contributed by atoms with Crippen molar-refractivity contribution in [1.82, 2.24) is 0 Å². The van der Waals surface area contributed by atoms with Gasteiger partial charge in [0.1, 0.15) is 0 Å². The minimum Gasteiger partial charge on any atom is -0.504 e. The molecule has 2 rings (SSSR count). The van der Waals surface area contributed by atoms with Crippen molar-refractivity contribution in [3.8, 4) is 34.1 Å². The van der Waals surface area contributed by atoms with Gasteiger partial charge in [-0.15, -0.1) is 13.2 Å². The van der Waals surface area contributed by atoms with Crippen LogP contribution in [0.1, 0.15) is 11.1 Å². The third kappa shape index (κ3) is 3.55. The van der Waals surface area contributed by atoms with Gasteiger partial charge in [-0.3, -0.25) is 0 Å². The summed E-state index contributed by atoms with van der Waals surface area (Å²) < 4.78 is 10.4. The van der Waals surface area contributed by atoms with E-state index in [0.717, 1.165) is 11.1 Å². The molecule has 0 heterocycles. The van der Waals surface area contributed by atoms with Crippen molar-refractivity contribution < 1.29 is 19.5 Å². The smallest absolute Gasteiger partial charge is 0.166 e. The normalized spacial score (nSPS) is 10.2. The van der Waals surface area contributed by atoms with Crippen molar-refractivity contribution in [2.24, 2.45) is 0 Å². The SMILES string of the molecule is C=CCc1cc(OC)c(O)c(-c2cc(CC=C)cc(OP)c2O)c1. The van der Waals surface area contributed by atoms with Crippen molar-refractivity contribution in [3.63, 3.8) is 0 Å². The topological polar surface area (TPSA) is 58.9 Å². The number of methoxy groups -OCH3 is 1. The molecule has 4 nitrogen and oxygen atoms in total. The molecule has 0 aliphatic carbocycles. The van der Waals surface area contributed by atoms with E-state index in [0.29, 0.717) is 35.5 Å². The molecule has 0 radical (unpaired) electrons. The summed E-state index contributed by atoms with van der Waals surface area (Å²) in [5, 5.41) is 21.0. The molecule has 0 aromatic heterocycles. The predicted molar refractivity (Wildman–Crippen MR) is 99.9 cm³/mol. The van der Waals surface area contributed by atoms with Crippen LogP contribution >= 0.6 is 9.47 Å². The van der Waals surface area contributed by atoms with Gasteiger partial charge in [-0.25, -0.2) is 0 Å². The number of phenolic OH excluding ortho intramolecular Hbond substituents is 2. The minimum atomic E-state index is -0.0501. The number of hydrogen-bond donors (Lipinski definition) is 2. The van der Waals surface area contributed by atoms with Gasteiger partial charge in [-0.2, -0.15) is 0 Å². The zero-order valence-electron chi connectivity index (χ0n) is 13.6. The predicted octanol–water partition coefficient (Wildman–Crippen LogP) is 4.40. The highest BCUT2D eigenvalue weighted by Crippen LogP contribution is 2.46. The highest BCUT2D eigenvalue weighted by atomic mass is 31.0. The molecular weight excluding hydrogens is 323 g/mol. The molecule has 2 aromatic rings. The van der Waals surface area contributed by atoms with E-state index < -0.39 is 0 Å². The van der Waals surface area contributed by atoms with Crippen molar-refractivity contribution >= 4 is 9.47 Å². The van der Waals surface area contributed by atoms with Crippen LogP contribution in [0.5, 0.6) is 23.0 Å². The first-order valence-corrected chi connectivity index (χ1v) is 7.87. The summed E-state index contributed by atoms with van der Waals surface area (Å²) in [5.41, 5.74) is 2.76. The standard InChI is InChI=1S/C19H21O4P/c1-4-6-12-8-14(18(20)16(10-12)22-3)15-9-13(7-5-2)11-17(23-24)19(15)21/h4-5,8-11,20-21H,1-2,6-7,24H2,3H3. The Labute approximate surface area is 144 Å². The Balaban J connectivity index is 2.74. The summed E-state index contributed by atoms with van der Waals surface area (Å²) in [5.74, 6) is 0.560. The van der Waals surface area contributed by atoms with Crippen LogP contribution in [0.25, 0.3) is 11.1 Å². The van der Waals surface area contributed by atoms with E-state index in [-0.39, 0.29) is 11.5 Å². The number of benzene rings is 2. The summed E-state index contributed by atoms with van der Waals surface area (Å²) in [6.07, 6.45) is 4.75. The average Bonchev–Trinajstić information content (AvgIpc) is 2.58. The second-order valence-electron chi connectivity index (χ2n) is 5.29. The summed E-state index contributed by atoms with van der Waals surface area (Å²) >= 11 is 0. The molecule has 0 aliphatic heterocycles. The molecular formula is C19H21O4P. The van der Waals surface area contributed by atoms with Gasteiger partial charge in [0.15, 0.2) is 23.0 Å². The van der Waals surface area contributed by atoms with Crippen LogP contribution in [0.3, 0.4) is 0 Å². The van der Waals surface area contributed by atoms with Gasteiger partial charge in [0.05, 0.1) is 16.6 Å². The van der Waals surface area contributed by atoms with Crippen LogP contribution in [0.2, 0.25) is 0 Å². The summed E-state index contributed by atoms with van der Waals surface area (Å²) in [7, 11) is 3.61. The van der Waals surface area contributed by atoms with E-state index in [4.69, 9.17) is 9.26 Å². The Morgan fingerprint density at radius 2 is 1.38 bits per heavy atom. The quantitative estimate of drug-likeness (QED) is 0.577. The fourth-order valence-electron chi connectivity index (χ4n) is 2.55. The lowest BCUT2D eigenvalue weighted by Gasteiger charge is -2.15. The van der Waals surface area contributed by atoms with Crippen molar-refractivity contribution in [2.75, 3.05) is 7.11 Å². The maximum atomic E-state index is 10.5. The van der Waals surface area contributed by atoms with Gasteiger partial charge in [0, 0.05) is 11.1 Å². The maximum Gasteiger partial charge on any atom is 0.166 e. The summed E-state index contributed by atoms with van der Waals surface area (Å²) in [4.78, 5) is 0. The first-order valence-electron chi connectivity index (χ1n) is 7.40. The highest BCUT2D eigenvalue weighted by molar-refractivity contribution is 7.10. The monoisotopic (exact) mass is 344 g/mol. The fraction of sp³-hybridized carbons (Fsp3) is 0.158. The van der Waals surface area contributed by atoms with Crippen LogP contribution in [0.15, 0.2) is 49.6 Å². The Morgan fingerprint density at radius 3 is 1.79 bits per heavy atom. The van der Waals surface area contributed by atoms with Crippen LogP contribution < -0.4 is 9.26 Å². The molecule has 2 N–H and O–H groups in total. The third-order valence-electron chi connectivity index (χ3n) is 3.67. The van der Waals surface area contributed by atoms with E-state index in [1.165, 1.54) is 7.11 Å². The van der Waals surface area contributed by atoms with E-state index in [9.17, 15) is 10.2 Å². The number of hydrogen-bond acceptors (Lipinski definition) is 4.